The number of carbonyl (C=O) groups excluding carboxylic acids is 1. The minimum absolute atomic E-state index is 0.111. The van der Waals surface area contributed by atoms with Crippen LogP contribution >= 0.6 is 11.3 Å². The molecule has 0 aliphatic rings. The van der Waals surface area contributed by atoms with Gasteiger partial charge in [-0.3, -0.25) is 4.79 Å². The van der Waals surface area contributed by atoms with E-state index in [1.807, 2.05) is 47.2 Å². The third-order valence-corrected chi connectivity index (χ3v) is 4.98. The molecule has 0 aliphatic carbocycles. The average molecular weight is 388 g/mol. The van der Waals surface area contributed by atoms with Gasteiger partial charge in [-0.25, -0.2) is 4.79 Å². The quantitative estimate of drug-likeness (QED) is 0.265. The molecule has 4 rings (SSSR count). The van der Waals surface area contributed by atoms with Gasteiger partial charge in [-0.05, 0) is 53.1 Å². The lowest BCUT2D eigenvalue weighted by atomic mass is 10.0. The van der Waals surface area contributed by atoms with Crippen molar-refractivity contribution in [2.24, 2.45) is 0 Å². The second kappa shape index (κ2) is 7.66. The van der Waals surface area contributed by atoms with Gasteiger partial charge < -0.3 is 9.15 Å². The molecule has 4 nitrogen and oxygen atoms in total. The summed E-state index contributed by atoms with van der Waals surface area (Å²) in [5, 5.41) is 4.31. The number of benzene rings is 2. The second-order valence-electron chi connectivity index (χ2n) is 6.20. The zero-order chi connectivity index (χ0) is 19.5. The number of fused-ring (bicyclic) bond motifs is 1. The van der Waals surface area contributed by atoms with Crippen molar-refractivity contribution in [3.63, 3.8) is 0 Å². The summed E-state index contributed by atoms with van der Waals surface area (Å²) in [7, 11) is 0. The molecule has 28 heavy (non-hydrogen) atoms. The topological polar surface area (TPSA) is 56.5 Å². The van der Waals surface area contributed by atoms with Gasteiger partial charge in [0.2, 0.25) is 5.43 Å². The number of carbonyl (C=O) groups is 1. The summed E-state index contributed by atoms with van der Waals surface area (Å²) in [5.74, 6) is 0.345. The molecule has 2 aromatic heterocycles. The molecular formula is C23H16O4S. The molecule has 0 atom stereocenters. The summed E-state index contributed by atoms with van der Waals surface area (Å²) in [5.41, 5.74) is 2.56. The van der Waals surface area contributed by atoms with Gasteiger partial charge in [0, 0.05) is 12.1 Å². The number of rotatable bonds is 4. The molecule has 0 amide bonds. The number of hydrogen-bond donors (Lipinski definition) is 0. The molecule has 2 heterocycles. The fourth-order valence-corrected chi connectivity index (χ4v) is 3.60. The Labute approximate surface area is 165 Å². The van der Waals surface area contributed by atoms with E-state index in [2.05, 4.69) is 0 Å². The van der Waals surface area contributed by atoms with Crippen LogP contribution in [0, 0.1) is 6.92 Å². The lowest BCUT2D eigenvalue weighted by molar-refractivity contribution is -0.128. The molecule has 0 spiro atoms. The number of thiophene rings is 1. The normalized spacial score (nSPS) is 11.2. The van der Waals surface area contributed by atoms with Crippen molar-refractivity contribution < 1.29 is 13.9 Å². The first-order valence-corrected chi connectivity index (χ1v) is 9.61. The van der Waals surface area contributed by atoms with E-state index in [1.54, 1.807) is 42.5 Å². The number of ether oxygens (including phenoxy) is 1. The van der Waals surface area contributed by atoms with Crippen molar-refractivity contribution in [1.29, 1.82) is 0 Å². The van der Waals surface area contributed by atoms with Crippen molar-refractivity contribution in [1.82, 2.24) is 0 Å². The Morgan fingerprint density at radius 2 is 1.93 bits per heavy atom. The summed E-state index contributed by atoms with van der Waals surface area (Å²) in [6.07, 6.45) is 3.06. The Bertz CT molecular complexity index is 1220. The minimum atomic E-state index is -0.495. The summed E-state index contributed by atoms with van der Waals surface area (Å²) < 4.78 is 11.2. The molecule has 0 aliphatic heterocycles. The summed E-state index contributed by atoms with van der Waals surface area (Å²) in [6.45, 7) is 1.76. The first-order valence-electron chi connectivity index (χ1n) is 8.67. The molecule has 0 bridgehead atoms. The lowest BCUT2D eigenvalue weighted by Crippen LogP contribution is -2.08. The Balaban J connectivity index is 1.65. The van der Waals surface area contributed by atoms with Gasteiger partial charge >= 0.3 is 5.97 Å². The fourth-order valence-electron chi connectivity index (χ4n) is 2.97. The summed E-state index contributed by atoms with van der Waals surface area (Å²) in [6, 6.07) is 16.1. The van der Waals surface area contributed by atoms with E-state index < -0.39 is 5.97 Å². The van der Waals surface area contributed by atoms with Gasteiger partial charge in [-0.15, -0.1) is 0 Å². The van der Waals surface area contributed by atoms with Crippen molar-refractivity contribution >= 4 is 34.4 Å². The molecule has 138 valence electrons. The maximum absolute atomic E-state index is 12.9. The molecule has 0 N–H and O–H groups in total. The van der Waals surface area contributed by atoms with E-state index in [9.17, 15) is 9.59 Å². The van der Waals surface area contributed by atoms with Gasteiger partial charge in [0.15, 0.2) is 0 Å². The molecule has 4 aromatic rings. The maximum Gasteiger partial charge on any atom is 0.336 e. The van der Waals surface area contributed by atoms with E-state index in [0.29, 0.717) is 28.0 Å². The molecule has 0 fully saturated rings. The van der Waals surface area contributed by atoms with Crippen LogP contribution in [0.15, 0.2) is 80.6 Å². The molecule has 0 saturated carbocycles. The number of aryl methyl sites for hydroxylation is 1. The van der Waals surface area contributed by atoms with Gasteiger partial charge in [0.25, 0.3) is 0 Å². The Morgan fingerprint density at radius 1 is 1.11 bits per heavy atom. The monoisotopic (exact) mass is 388 g/mol. The van der Waals surface area contributed by atoms with Gasteiger partial charge in [0.1, 0.15) is 17.1 Å². The van der Waals surface area contributed by atoms with Gasteiger partial charge in [-0.1, -0.05) is 30.3 Å². The van der Waals surface area contributed by atoms with Crippen molar-refractivity contribution in [3.8, 4) is 16.9 Å². The smallest absolute Gasteiger partial charge is 0.336 e. The highest BCUT2D eigenvalue weighted by Crippen LogP contribution is 2.26. The number of esters is 1. The van der Waals surface area contributed by atoms with Gasteiger partial charge in [0.05, 0.1) is 10.9 Å². The summed E-state index contributed by atoms with van der Waals surface area (Å²) >= 11 is 1.55. The predicted octanol–water partition coefficient (Wildman–Crippen LogP) is 5.45. The molecule has 0 saturated heterocycles. The van der Waals surface area contributed by atoms with E-state index in [-0.39, 0.29) is 5.43 Å². The van der Waals surface area contributed by atoms with E-state index in [0.717, 1.165) is 11.1 Å². The fraction of sp³-hybridized carbons (Fsp3) is 0.0435. The lowest BCUT2D eigenvalue weighted by Gasteiger charge is -2.08. The van der Waals surface area contributed by atoms with Crippen LogP contribution < -0.4 is 10.2 Å². The molecule has 2 aromatic carbocycles. The van der Waals surface area contributed by atoms with Crippen LogP contribution in [-0.4, -0.2) is 5.97 Å². The molecular weight excluding hydrogens is 372 g/mol. The first-order chi connectivity index (χ1) is 13.6. The molecule has 0 radical (unpaired) electrons. The van der Waals surface area contributed by atoms with Crippen molar-refractivity contribution in [2.75, 3.05) is 0 Å². The zero-order valence-electron chi connectivity index (χ0n) is 15.0. The third-order valence-electron chi connectivity index (χ3n) is 4.28. The Hall–Kier alpha value is -3.44. The van der Waals surface area contributed by atoms with Crippen LogP contribution in [0.5, 0.6) is 5.75 Å². The highest BCUT2D eigenvalue weighted by atomic mass is 32.1. The van der Waals surface area contributed by atoms with Crippen LogP contribution in [0.1, 0.15) is 11.3 Å². The minimum Gasteiger partial charge on any atom is -0.460 e. The van der Waals surface area contributed by atoms with Crippen molar-refractivity contribution in [2.45, 2.75) is 6.92 Å². The SMILES string of the molecule is Cc1oc2cc(OC(=O)/C=C/c3ccsc3)ccc2c(=O)c1-c1ccccc1. The van der Waals surface area contributed by atoms with Gasteiger partial charge in [-0.2, -0.15) is 11.3 Å². The highest BCUT2D eigenvalue weighted by Gasteiger charge is 2.14. The van der Waals surface area contributed by atoms with Crippen LogP contribution in [0.25, 0.3) is 28.2 Å². The van der Waals surface area contributed by atoms with Crippen molar-refractivity contribution in [3.05, 3.63) is 93.0 Å². The third kappa shape index (κ3) is 3.66. The van der Waals surface area contributed by atoms with Crippen LogP contribution in [-0.2, 0) is 4.79 Å². The average Bonchev–Trinajstić information content (AvgIpc) is 3.21. The van der Waals surface area contributed by atoms with Crippen LogP contribution in [0.3, 0.4) is 0 Å². The van der Waals surface area contributed by atoms with Crippen LogP contribution in [0.2, 0.25) is 0 Å². The Kier molecular flexibility index (Phi) is 4.91. The Morgan fingerprint density at radius 3 is 2.68 bits per heavy atom. The first kappa shape index (κ1) is 17.9. The molecule has 0 unspecified atom stereocenters. The number of hydrogen-bond acceptors (Lipinski definition) is 5. The van der Waals surface area contributed by atoms with Crippen LogP contribution in [0.4, 0.5) is 0 Å². The van der Waals surface area contributed by atoms with E-state index >= 15 is 0 Å². The van der Waals surface area contributed by atoms with E-state index in [4.69, 9.17) is 9.15 Å². The zero-order valence-corrected chi connectivity index (χ0v) is 15.9. The highest BCUT2D eigenvalue weighted by molar-refractivity contribution is 7.08. The largest absolute Gasteiger partial charge is 0.460 e. The second-order valence-corrected chi connectivity index (χ2v) is 6.98. The summed E-state index contributed by atoms with van der Waals surface area (Å²) in [4.78, 5) is 25.0. The maximum atomic E-state index is 12.9. The predicted molar refractivity (Wildman–Crippen MR) is 112 cm³/mol. The standard InChI is InChI=1S/C23H16O4S/c1-15-22(17-5-3-2-4-6-17)23(25)19-9-8-18(13-20(19)26-15)27-21(24)10-7-16-11-12-28-14-16/h2-14H,1H3/b10-7+. The van der Waals surface area contributed by atoms with E-state index in [1.165, 1.54) is 6.08 Å². The molecule has 5 heteroatoms.